The molecule has 2 aliphatic rings. The molecule has 0 spiro atoms. The van der Waals surface area contributed by atoms with Gasteiger partial charge in [0, 0.05) is 32.2 Å². The maximum Gasteiger partial charge on any atom is 0.306 e. The summed E-state index contributed by atoms with van der Waals surface area (Å²) in [6.07, 6.45) is 6.79. The summed E-state index contributed by atoms with van der Waals surface area (Å²) in [6.45, 7) is 3.29. The second kappa shape index (κ2) is 9.50. The standard InChI is InChI=1S/C19H27NO6/c1-13-12-17(22)20(19(13)24)11-7-10-18(23)26-16-9-6-4-3-5-8-15(16)25-14(2)21/h5,8,13,15-16H,3-4,6-7,9-12H2,1-2H3/b8-5+. The predicted molar refractivity (Wildman–Crippen MR) is 92.8 cm³/mol. The first-order valence-corrected chi connectivity index (χ1v) is 9.26. The molecule has 144 valence electrons. The lowest BCUT2D eigenvalue weighted by atomic mass is 10.0. The lowest BCUT2D eigenvalue weighted by Gasteiger charge is -2.26. The molecule has 1 saturated heterocycles. The van der Waals surface area contributed by atoms with Crippen LogP contribution in [0.1, 0.15) is 58.8 Å². The van der Waals surface area contributed by atoms with Gasteiger partial charge in [0.15, 0.2) is 6.10 Å². The molecule has 1 aliphatic heterocycles. The number of imide groups is 1. The molecule has 7 nitrogen and oxygen atoms in total. The fraction of sp³-hybridized carbons (Fsp3) is 0.684. The zero-order valence-electron chi connectivity index (χ0n) is 15.4. The lowest BCUT2D eigenvalue weighted by molar-refractivity contribution is -0.164. The Morgan fingerprint density at radius 3 is 2.65 bits per heavy atom. The maximum absolute atomic E-state index is 12.2. The van der Waals surface area contributed by atoms with E-state index in [-0.39, 0.29) is 37.1 Å². The average Bonchev–Trinajstić information content (AvgIpc) is 2.79. The minimum absolute atomic E-state index is 0.110. The number of nitrogens with zero attached hydrogens (tertiary/aromatic N) is 1. The van der Waals surface area contributed by atoms with Crippen molar-refractivity contribution in [3.8, 4) is 0 Å². The second-order valence-corrected chi connectivity index (χ2v) is 6.91. The Bertz CT molecular complexity index is 585. The minimum Gasteiger partial charge on any atom is -0.458 e. The molecule has 0 radical (unpaired) electrons. The summed E-state index contributed by atoms with van der Waals surface area (Å²) in [5.74, 6) is -1.46. The van der Waals surface area contributed by atoms with Crippen molar-refractivity contribution in [2.45, 2.75) is 71.0 Å². The van der Waals surface area contributed by atoms with Gasteiger partial charge in [-0.05, 0) is 38.2 Å². The van der Waals surface area contributed by atoms with E-state index in [1.807, 2.05) is 6.08 Å². The third-order valence-corrected chi connectivity index (χ3v) is 4.62. The van der Waals surface area contributed by atoms with E-state index in [9.17, 15) is 19.2 Å². The average molecular weight is 365 g/mol. The van der Waals surface area contributed by atoms with Crippen LogP contribution in [0.2, 0.25) is 0 Å². The van der Waals surface area contributed by atoms with Crippen LogP contribution in [0.3, 0.4) is 0 Å². The van der Waals surface area contributed by atoms with Gasteiger partial charge in [0.25, 0.3) is 0 Å². The summed E-state index contributed by atoms with van der Waals surface area (Å²) in [4.78, 5) is 48.3. The fourth-order valence-electron chi connectivity index (χ4n) is 3.25. The first kappa shape index (κ1) is 20.1. The molecule has 3 atom stereocenters. The highest BCUT2D eigenvalue weighted by atomic mass is 16.6. The van der Waals surface area contributed by atoms with Crippen molar-refractivity contribution >= 4 is 23.8 Å². The highest BCUT2D eigenvalue weighted by Gasteiger charge is 2.35. The second-order valence-electron chi connectivity index (χ2n) is 6.91. The van der Waals surface area contributed by atoms with Crippen molar-refractivity contribution < 1.29 is 28.7 Å². The van der Waals surface area contributed by atoms with Crippen molar-refractivity contribution in [1.82, 2.24) is 4.90 Å². The summed E-state index contributed by atoms with van der Waals surface area (Å²) in [7, 11) is 0. The Morgan fingerprint density at radius 2 is 2.00 bits per heavy atom. The number of amides is 2. The van der Waals surface area contributed by atoms with E-state index in [2.05, 4.69) is 0 Å². The van der Waals surface area contributed by atoms with Crippen LogP contribution in [-0.2, 0) is 28.7 Å². The molecule has 7 heteroatoms. The Kier molecular flexibility index (Phi) is 7.36. The van der Waals surface area contributed by atoms with E-state index < -0.39 is 24.1 Å². The predicted octanol–water partition coefficient (Wildman–Crippen LogP) is 2.14. The van der Waals surface area contributed by atoms with Gasteiger partial charge in [0.05, 0.1) is 0 Å². The van der Waals surface area contributed by atoms with Gasteiger partial charge in [-0.15, -0.1) is 0 Å². The van der Waals surface area contributed by atoms with Crippen LogP contribution in [0, 0.1) is 5.92 Å². The summed E-state index contributed by atoms with van der Waals surface area (Å²) in [5, 5.41) is 0. The van der Waals surface area contributed by atoms with Crippen LogP contribution in [0.4, 0.5) is 0 Å². The van der Waals surface area contributed by atoms with E-state index in [1.165, 1.54) is 11.8 Å². The molecule has 0 N–H and O–H groups in total. The number of ether oxygens (including phenoxy) is 2. The SMILES string of the molecule is CC(=O)OC1/C=C/CCCCC1OC(=O)CCCN1C(=O)CC(C)C1=O. The van der Waals surface area contributed by atoms with Gasteiger partial charge in [0.2, 0.25) is 11.8 Å². The van der Waals surface area contributed by atoms with E-state index in [1.54, 1.807) is 13.0 Å². The zero-order chi connectivity index (χ0) is 19.1. The van der Waals surface area contributed by atoms with Crippen molar-refractivity contribution in [3.63, 3.8) is 0 Å². The van der Waals surface area contributed by atoms with Crippen LogP contribution >= 0.6 is 0 Å². The molecular formula is C19H27NO6. The van der Waals surface area contributed by atoms with Gasteiger partial charge >= 0.3 is 11.9 Å². The molecule has 2 amide bonds. The molecule has 3 unspecified atom stereocenters. The van der Waals surface area contributed by atoms with E-state index >= 15 is 0 Å². The van der Waals surface area contributed by atoms with Crippen LogP contribution in [0.5, 0.6) is 0 Å². The fourth-order valence-corrected chi connectivity index (χ4v) is 3.25. The number of hydrogen-bond acceptors (Lipinski definition) is 6. The van der Waals surface area contributed by atoms with Gasteiger partial charge in [-0.2, -0.15) is 0 Å². The summed E-state index contributed by atoms with van der Waals surface area (Å²) >= 11 is 0. The maximum atomic E-state index is 12.2. The van der Waals surface area contributed by atoms with E-state index in [4.69, 9.17) is 9.47 Å². The number of hydrogen-bond donors (Lipinski definition) is 0. The van der Waals surface area contributed by atoms with Crippen molar-refractivity contribution in [1.29, 1.82) is 0 Å². The van der Waals surface area contributed by atoms with Crippen LogP contribution in [-0.4, -0.2) is 47.4 Å². The quantitative estimate of drug-likeness (QED) is 0.407. The summed E-state index contributed by atoms with van der Waals surface area (Å²) < 4.78 is 10.8. The third-order valence-electron chi connectivity index (χ3n) is 4.62. The van der Waals surface area contributed by atoms with Gasteiger partial charge in [0.1, 0.15) is 6.10 Å². The van der Waals surface area contributed by atoms with Crippen LogP contribution in [0.15, 0.2) is 12.2 Å². The number of allylic oxidation sites excluding steroid dienone is 1. The van der Waals surface area contributed by atoms with Crippen molar-refractivity contribution in [2.75, 3.05) is 6.54 Å². The largest absolute Gasteiger partial charge is 0.458 e. The molecular weight excluding hydrogens is 338 g/mol. The number of esters is 2. The zero-order valence-corrected chi connectivity index (χ0v) is 15.4. The first-order chi connectivity index (χ1) is 12.4. The van der Waals surface area contributed by atoms with E-state index in [0.717, 1.165) is 19.3 Å². The number of likely N-dealkylation sites (tertiary alicyclic amines) is 1. The third kappa shape index (κ3) is 5.68. The number of carbonyl (C=O) groups excluding carboxylic acids is 4. The molecule has 0 bridgehead atoms. The molecule has 26 heavy (non-hydrogen) atoms. The van der Waals surface area contributed by atoms with Crippen molar-refractivity contribution in [3.05, 3.63) is 12.2 Å². The minimum atomic E-state index is -0.570. The summed E-state index contributed by atoms with van der Waals surface area (Å²) in [6, 6.07) is 0. The Morgan fingerprint density at radius 1 is 1.23 bits per heavy atom. The molecule has 0 aromatic rings. The molecule has 2 rings (SSSR count). The number of carbonyl (C=O) groups is 4. The highest BCUT2D eigenvalue weighted by molar-refractivity contribution is 6.03. The molecule has 0 aromatic carbocycles. The van der Waals surface area contributed by atoms with Gasteiger partial charge in [-0.1, -0.05) is 13.0 Å². The van der Waals surface area contributed by atoms with Gasteiger partial charge in [-0.25, -0.2) is 0 Å². The van der Waals surface area contributed by atoms with Crippen LogP contribution in [0.25, 0.3) is 0 Å². The molecule has 1 heterocycles. The molecule has 0 aromatic heterocycles. The Hall–Kier alpha value is -2.18. The summed E-state index contributed by atoms with van der Waals surface area (Å²) in [5.41, 5.74) is 0. The number of rotatable bonds is 6. The van der Waals surface area contributed by atoms with Gasteiger partial charge < -0.3 is 9.47 Å². The monoisotopic (exact) mass is 365 g/mol. The highest BCUT2D eigenvalue weighted by Crippen LogP contribution is 2.21. The first-order valence-electron chi connectivity index (χ1n) is 9.26. The normalized spacial score (nSPS) is 27.6. The lowest BCUT2D eigenvalue weighted by Crippen LogP contribution is -2.35. The smallest absolute Gasteiger partial charge is 0.306 e. The van der Waals surface area contributed by atoms with Crippen molar-refractivity contribution in [2.24, 2.45) is 5.92 Å². The topological polar surface area (TPSA) is 90.0 Å². The molecule has 1 aliphatic carbocycles. The van der Waals surface area contributed by atoms with Gasteiger partial charge in [-0.3, -0.25) is 24.1 Å². The molecule has 1 fully saturated rings. The molecule has 0 saturated carbocycles. The Balaban J connectivity index is 1.83. The Labute approximate surface area is 153 Å². The van der Waals surface area contributed by atoms with E-state index in [0.29, 0.717) is 12.8 Å². The van der Waals surface area contributed by atoms with Crippen LogP contribution < -0.4 is 0 Å².